The van der Waals surface area contributed by atoms with Crippen molar-refractivity contribution in [3.63, 3.8) is 0 Å². The van der Waals surface area contributed by atoms with E-state index in [-0.39, 0.29) is 12.2 Å². The molecule has 0 amide bonds. The minimum Gasteiger partial charge on any atom is -0.316 e. The van der Waals surface area contributed by atoms with Crippen LogP contribution in [-0.4, -0.2) is 25.0 Å². The normalized spacial score (nSPS) is 28.0. The molecule has 1 saturated heterocycles. The van der Waals surface area contributed by atoms with Crippen LogP contribution in [-0.2, 0) is 4.79 Å². The van der Waals surface area contributed by atoms with Crippen molar-refractivity contribution in [1.29, 1.82) is 0 Å². The quantitative estimate of drug-likeness (QED) is 0.769. The predicted molar refractivity (Wildman–Crippen MR) is 45.9 cm³/mol. The van der Waals surface area contributed by atoms with E-state index in [1.807, 2.05) is 0 Å². The van der Waals surface area contributed by atoms with Crippen molar-refractivity contribution in [2.24, 2.45) is 5.41 Å². The van der Waals surface area contributed by atoms with Gasteiger partial charge in [-0.2, -0.15) is 13.2 Å². The third kappa shape index (κ3) is 2.97. The first-order chi connectivity index (χ1) is 6.33. The lowest BCUT2D eigenvalue weighted by molar-refractivity contribution is -0.146. The third-order valence-corrected chi connectivity index (χ3v) is 2.68. The molecule has 0 aromatic rings. The Morgan fingerprint density at radius 2 is 2.14 bits per heavy atom. The molecule has 1 rings (SSSR count). The van der Waals surface area contributed by atoms with Gasteiger partial charge in [0.1, 0.15) is 5.78 Å². The molecule has 5 heteroatoms. The van der Waals surface area contributed by atoms with E-state index in [9.17, 15) is 18.0 Å². The molecule has 1 N–H and O–H groups in total. The van der Waals surface area contributed by atoms with Crippen LogP contribution in [0.25, 0.3) is 0 Å². The fourth-order valence-corrected chi connectivity index (χ4v) is 1.61. The minimum absolute atomic E-state index is 0.278. The molecule has 0 saturated carbocycles. The molecule has 1 atom stereocenters. The summed E-state index contributed by atoms with van der Waals surface area (Å²) in [4.78, 5) is 11.5. The monoisotopic (exact) mass is 209 g/mol. The maximum atomic E-state index is 11.9. The highest BCUT2D eigenvalue weighted by Gasteiger charge is 2.38. The Hall–Kier alpha value is -0.580. The second-order valence-electron chi connectivity index (χ2n) is 4.03. The van der Waals surface area contributed by atoms with E-state index in [2.05, 4.69) is 5.32 Å². The van der Waals surface area contributed by atoms with Gasteiger partial charge < -0.3 is 5.32 Å². The lowest BCUT2D eigenvalue weighted by Crippen LogP contribution is -2.31. The van der Waals surface area contributed by atoms with Gasteiger partial charge in [0.25, 0.3) is 0 Å². The largest absolute Gasteiger partial charge is 0.389 e. The van der Waals surface area contributed by atoms with Gasteiger partial charge in [0.2, 0.25) is 0 Å². The first-order valence-electron chi connectivity index (χ1n) is 4.64. The average molecular weight is 209 g/mol. The smallest absolute Gasteiger partial charge is 0.316 e. The number of Topliss-reactive ketones (excluding diaryl/α,β-unsaturated/α-hetero) is 1. The molecule has 0 bridgehead atoms. The summed E-state index contributed by atoms with van der Waals surface area (Å²) < 4.78 is 35.6. The van der Waals surface area contributed by atoms with E-state index < -0.39 is 18.0 Å². The molecule has 82 valence electrons. The van der Waals surface area contributed by atoms with Gasteiger partial charge in [-0.1, -0.05) is 6.92 Å². The predicted octanol–water partition coefficient (Wildman–Crippen LogP) is 1.90. The zero-order valence-corrected chi connectivity index (χ0v) is 8.08. The average Bonchev–Trinajstić information content (AvgIpc) is 2.48. The standard InChI is InChI=1S/C9H14F3NO/c1-8(4-5-13-6-8)7(14)2-3-9(10,11)12/h13H,2-6H2,1H3. The molecule has 1 aliphatic heterocycles. The number of alkyl halides is 3. The molecule has 0 aliphatic carbocycles. The topological polar surface area (TPSA) is 29.1 Å². The van der Waals surface area contributed by atoms with E-state index in [0.717, 1.165) is 0 Å². The molecule has 0 radical (unpaired) electrons. The fraction of sp³-hybridized carbons (Fsp3) is 0.889. The second kappa shape index (κ2) is 3.88. The Kier molecular flexibility index (Phi) is 3.19. The number of nitrogens with one attached hydrogen (secondary N) is 1. The maximum Gasteiger partial charge on any atom is 0.389 e. The molecule has 1 aliphatic rings. The van der Waals surface area contributed by atoms with Crippen LogP contribution in [0.4, 0.5) is 13.2 Å². The summed E-state index contributed by atoms with van der Waals surface area (Å²) in [6.45, 7) is 2.95. The molecular formula is C9H14F3NO. The summed E-state index contributed by atoms with van der Waals surface area (Å²) in [6, 6.07) is 0. The van der Waals surface area contributed by atoms with Gasteiger partial charge in [0.05, 0.1) is 6.42 Å². The molecular weight excluding hydrogens is 195 g/mol. The lowest BCUT2D eigenvalue weighted by atomic mass is 9.83. The van der Waals surface area contributed by atoms with Gasteiger partial charge in [-0.3, -0.25) is 4.79 Å². The highest BCUT2D eigenvalue weighted by atomic mass is 19.4. The minimum atomic E-state index is -4.22. The fourth-order valence-electron chi connectivity index (χ4n) is 1.61. The van der Waals surface area contributed by atoms with Gasteiger partial charge >= 0.3 is 6.18 Å². The van der Waals surface area contributed by atoms with Crippen LogP contribution in [0.2, 0.25) is 0 Å². The van der Waals surface area contributed by atoms with Crippen LogP contribution < -0.4 is 5.32 Å². The van der Waals surface area contributed by atoms with Crippen molar-refractivity contribution in [2.45, 2.75) is 32.4 Å². The van der Waals surface area contributed by atoms with E-state index in [4.69, 9.17) is 0 Å². The number of halogens is 3. The number of hydrogen-bond acceptors (Lipinski definition) is 2. The summed E-state index contributed by atoms with van der Waals surface area (Å²) in [5.74, 6) is -0.278. The van der Waals surface area contributed by atoms with Crippen molar-refractivity contribution in [3.8, 4) is 0 Å². The Labute approximate surface area is 80.9 Å². The number of rotatable bonds is 3. The SMILES string of the molecule is CC1(C(=O)CCC(F)(F)F)CCNC1. The van der Waals surface area contributed by atoms with E-state index in [1.165, 1.54) is 0 Å². The summed E-state index contributed by atoms with van der Waals surface area (Å²) >= 11 is 0. The first kappa shape index (κ1) is 11.5. The van der Waals surface area contributed by atoms with Gasteiger partial charge in [-0.25, -0.2) is 0 Å². The molecule has 1 heterocycles. The lowest BCUT2D eigenvalue weighted by Gasteiger charge is -2.20. The number of carbonyl (C=O) groups is 1. The van der Waals surface area contributed by atoms with Gasteiger partial charge in [-0.05, 0) is 13.0 Å². The number of carbonyl (C=O) groups excluding carboxylic acids is 1. The zero-order chi connectivity index (χ0) is 10.8. The summed E-state index contributed by atoms with van der Waals surface area (Å²) in [5.41, 5.74) is -0.578. The molecule has 2 nitrogen and oxygen atoms in total. The first-order valence-corrected chi connectivity index (χ1v) is 4.64. The van der Waals surface area contributed by atoms with Crippen LogP contribution in [0.3, 0.4) is 0 Å². The summed E-state index contributed by atoms with van der Waals surface area (Å²) in [6.07, 6.45) is -4.97. The second-order valence-corrected chi connectivity index (χ2v) is 4.03. The Morgan fingerprint density at radius 3 is 2.57 bits per heavy atom. The van der Waals surface area contributed by atoms with E-state index in [1.54, 1.807) is 6.92 Å². The van der Waals surface area contributed by atoms with Crippen molar-refractivity contribution in [3.05, 3.63) is 0 Å². The Balaban J connectivity index is 2.42. The van der Waals surface area contributed by atoms with Crippen molar-refractivity contribution >= 4 is 5.78 Å². The number of ketones is 1. The van der Waals surface area contributed by atoms with Crippen LogP contribution in [0.15, 0.2) is 0 Å². The van der Waals surface area contributed by atoms with E-state index in [0.29, 0.717) is 19.5 Å². The molecule has 0 aromatic carbocycles. The molecule has 14 heavy (non-hydrogen) atoms. The summed E-state index contributed by atoms with van der Waals surface area (Å²) in [5, 5.41) is 2.99. The molecule has 0 aromatic heterocycles. The van der Waals surface area contributed by atoms with Gasteiger partial charge in [-0.15, -0.1) is 0 Å². The van der Waals surface area contributed by atoms with Gasteiger partial charge in [0, 0.05) is 18.4 Å². The van der Waals surface area contributed by atoms with Gasteiger partial charge in [0.15, 0.2) is 0 Å². The van der Waals surface area contributed by atoms with Crippen molar-refractivity contribution in [1.82, 2.24) is 5.32 Å². The summed E-state index contributed by atoms with van der Waals surface area (Å²) in [7, 11) is 0. The van der Waals surface area contributed by atoms with E-state index >= 15 is 0 Å². The maximum absolute atomic E-state index is 11.9. The number of hydrogen-bond donors (Lipinski definition) is 1. The molecule has 1 fully saturated rings. The third-order valence-electron chi connectivity index (χ3n) is 2.68. The Morgan fingerprint density at radius 1 is 1.50 bits per heavy atom. The highest BCUT2D eigenvalue weighted by molar-refractivity contribution is 5.85. The van der Waals surface area contributed by atoms with Crippen molar-refractivity contribution < 1.29 is 18.0 Å². The zero-order valence-electron chi connectivity index (χ0n) is 8.08. The van der Waals surface area contributed by atoms with Crippen LogP contribution in [0.5, 0.6) is 0 Å². The molecule has 0 spiro atoms. The van der Waals surface area contributed by atoms with Crippen molar-refractivity contribution in [2.75, 3.05) is 13.1 Å². The Bertz CT molecular complexity index is 219. The highest BCUT2D eigenvalue weighted by Crippen LogP contribution is 2.30. The molecule has 1 unspecified atom stereocenters. The van der Waals surface area contributed by atoms with Crippen LogP contribution in [0.1, 0.15) is 26.2 Å². The van der Waals surface area contributed by atoms with Crippen LogP contribution in [0, 0.1) is 5.41 Å². The van der Waals surface area contributed by atoms with Crippen LogP contribution >= 0.6 is 0 Å².